The third kappa shape index (κ3) is 5.94. The van der Waals surface area contributed by atoms with Crippen LogP contribution < -0.4 is 10.6 Å². The fraction of sp³-hybridized carbons (Fsp3) is 0.357. The molecule has 7 nitrogen and oxygen atoms in total. The topological polar surface area (TPSA) is 116 Å². The molecule has 0 aliphatic heterocycles. The van der Waals surface area contributed by atoms with E-state index in [0.29, 0.717) is 13.0 Å². The lowest BCUT2D eigenvalue weighted by Gasteiger charge is -2.13. The highest BCUT2D eigenvalue weighted by Gasteiger charge is 2.22. The highest BCUT2D eigenvalue weighted by molar-refractivity contribution is 5.86. The first-order chi connectivity index (χ1) is 9.90. The molecule has 0 radical (unpaired) electrons. The predicted octanol–water partition coefficient (Wildman–Crippen LogP) is 0.765. The van der Waals surface area contributed by atoms with Crippen molar-refractivity contribution in [1.29, 1.82) is 0 Å². The lowest BCUT2D eigenvalue weighted by molar-refractivity contribution is -0.145. The van der Waals surface area contributed by atoms with E-state index in [1.165, 1.54) is 0 Å². The third-order valence-corrected chi connectivity index (χ3v) is 2.92. The van der Waals surface area contributed by atoms with E-state index in [9.17, 15) is 14.4 Å². The molecule has 0 spiro atoms. The second-order valence-corrected chi connectivity index (χ2v) is 4.57. The number of urea groups is 1. The second-order valence-electron chi connectivity index (χ2n) is 4.57. The van der Waals surface area contributed by atoms with Crippen LogP contribution in [0.25, 0.3) is 0 Å². The normalized spacial score (nSPS) is 11.5. The van der Waals surface area contributed by atoms with Crippen molar-refractivity contribution < 1.29 is 24.6 Å². The number of rotatable bonds is 7. The molecule has 0 unspecified atom stereocenters. The maximum Gasteiger partial charge on any atom is 0.326 e. The van der Waals surface area contributed by atoms with Crippen molar-refractivity contribution in [2.75, 3.05) is 6.54 Å². The van der Waals surface area contributed by atoms with Crippen LogP contribution in [0.4, 0.5) is 4.79 Å². The Bertz CT molecular complexity index is 530. The molecule has 1 aromatic rings. The molecule has 7 heteroatoms. The Balaban J connectivity index is 2.41. The largest absolute Gasteiger partial charge is 0.481 e. The number of carbonyl (C=O) groups excluding carboxylic acids is 1. The lowest BCUT2D eigenvalue weighted by atomic mass is 10.1. The van der Waals surface area contributed by atoms with Gasteiger partial charge in [-0.1, -0.05) is 24.3 Å². The van der Waals surface area contributed by atoms with Crippen LogP contribution in [0.3, 0.4) is 0 Å². The van der Waals surface area contributed by atoms with E-state index in [4.69, 9.17) is 10.2 Å². The quantitative estimate of drug-likeness (QED) is 0.592. The summed E-state index contributed by atoms with van der Waals surface area (Å²) in [5.74, 6) is -2.67. The molecule has 0 saturated carbocycles. The Labute approximate surface area is 122 Å². The number of amides is 2. The van der Waals surface area contributed by atoms with Gasteiger partial charge in [0.2, 0.25) is 0 Å². The molecule has 0 aromatic heterocycles. The molecule has 0 aliphatic carbocycles. The van der Waals surface area contributed by atoms with Gasteiger partial charge in [0.25, 0.3) is 0 Å². The van der Waals surface area contributed by atoms with Crippen molar-refractivity contribution in [3.63, 3.8) is 0 Å². The molecule has 0 aliphatic rings. The zero-order valence-electron chi connectivity index (χ0n) is 11.6. The van der Waals surface area contributed by atoms with Crippen molar-refractivity contribution in [3.05, 3.63) is 35.4 Å². The number of nitrogens with one attached hydrogen (secondary N) is 2. The van der Waals surface area contributed by atoms with E-state index in [-0.39, 0.29) is 0 Å². The number of aliphatic carboxylic acids is 2. The van der Waals surface area contributed by atoms with Crippen molar-refractivity contribution in [3.8, 4) is 0 Å². The Kier molecular flexibility index (Phi) is 6.19. The molecule has 0 fully saturated rings. The Morgan fingerprint density at radius 2 is 1.86 bits per heavy atom. The molecule has 1 aromatic carbocycles. The van der Waals surface area contributed by atoms with Gasteiger partial charge in [-0.25, -0.2) is 9.59 Å². The molecule has 114 valence electrons. The summed E-state index contributed by atoms with van der Waals surface area (Å²) in [6.07, 6.45) is -0.0582. The number of benzene rings is 1. The number of hydrogen-bond acceptors (Lipinski definition) is 3. The predicted molar refractivity (Wildman–Crippen MR) is 75.1 cm³/mol. The van der Waals surface area contributed by atoms with E-state index >= 15 is 0 Å². The molecule has 2 amide bonds. The van der Waals surface area contributed by atoms with E-state index < -0.39 is 30.4 Å². The lowest BCUT2D eigenvalue weighted by Crippen LogP contribution is -2.47. The van der Waals surface area contributed by atoms with Gasteiger partial charge >= 0.3 is 18.0 Å². The average molecular weight is 294 g/mol. The first kappa shape index (κ1) is 16.5. The molecule has 0 saturated heterocycles. The second kappa shape index (κ2) is 7.88. The summed E-state index contributed by atoms with van der Waals surface area (Å²) in [7, 11) is 0. The minimum Gasteiger partial charge on any atom is -0.481 e. The maximum atomic E-state index is 11.5. The first-order valence-electron chi connectivity index (χ1n) is 6.43. The molecule has 21 heavy (non-hydrogen) atoms. The Morgan fingerprint density at radius 3 is 2.43 bits per heavy atom. The SMILES string of the molecule is Cc1ccccc1CCNC(=O)N[C@@H](CC(=O)O)C(=O)O. The van der Waals surface area contributed by atoms with Crippen LogP contribution in [-0.4, -0.2) is 40.8 Å². The van der Waals surface area contributed by atoms with Gasteiger partial charge in [0, 0.05) is 6.54 Å². The van der Waals surface area contributed by atoms with Crippen LogP contribution in [0, 0.1) is 6.92 Å². The van der Waals surface area contributed by atoms with Crippen LogP contribution >= 0.6 is 0 Å². The standard InChI is InChI=1S/C14H18N2O5/c1-9-4-2-3-5-10(9)6-7-15-14(21)16-11(13(19)20)8-12(17)18/h2-5,11H,6-8H2,1H3,(H,17,18)(H,19,20)(H2,15,16,21)/t11-/m0/s1. The number of carboxylic acids is 2. The summed E-state index contributed by atoms with van der Waals surface area (Å²) in [6, 6.07) is 5.58. The monoisotopic (exact) mass is 294 g/mol. The van der Waals surface area contributed by atoms with Crippen LogP contribution in [0.15, 0.2) is 24.3 Å². The van der Waals surface area contributed by atoms with Crippen molar-refractivity contribution >= 4 is 18.0 Å². The van der Waals surface area contributed by atoms with Gasteiger partial charge in [-0.3, -0.25) is 4.79 Å². The van der Waals surface area contributed by atoms with Gasteiger partial charge in [-0.05, 0) is 24.5 Å². The van der Waals surface area contributed by atoms with Crippen molar-refractivity contribution in [2.24, 2.45) is 0 Å². The summed E-state index contributed by atoms with van der Waals surface area (Å²) in [5.41, 5.74) is 2.19. The highest BCUT2D eigenvalue weighted by Crippen LogP contribution is 2.06. The molecular weight excluding hydrogens is 276 g/mol. The molecule has 1 atom stereocenters. The first-order valence-corrected chi connectivity index (χ1v) is 6.43. The molecule has 0 bridgehead atoms. The Hall–Kier alpha value is -2.57. The van der Waals surface area contributed by atoms with E-state index in [1.807, 2.05) is 31.2 Å². The smallest absolute Gasteiger partial charge is 0.326 e. The average Bonchev–Trinajstić information content (AvgIpc) is 2.39. The summed E-state index contributed by atoms with van der Waals surface area (Å²) >= 11 is 0. The summed E-state index contributed by atoms with van der Waals surface area (Å²) < 4.78 is 0. The fourth-order valence-electron chi connectivity index (χ4n) is 1.79. The number of hydrogen-bond donors (Lipinski definition) is 4. The zero-order valence-corrected chi connectivity index (χ0v) is 11.6. The van der Waals surface area contributed by atoms with Gasteiger partial charge in [-0.2, -0.15) is 0 Å². The van der Waals surface area contributed by atoms with Crippen molar-refractivity contribution in [2.45, 2.75) is 25.8 Å². The van der Waals surface area contributed by atoms with Gasteiger partial charge in [0.15, 0.2) is 0 Å². The molecule has 0 heterocycles. The van der Waals surface area contributed by atoms with Crippen LogP contribution in [-0.2, 0) is 16.0 Å². The number of carbonyl (C=O) groups is 3. The van der Waals surface area contributed by atoms with Crippen LogP contribution in [0.2, 0.25) is 0 Å². The van der Waals surface area contributed by atoms with Crippen LogP contribution in [0.5, 0.6) is 0 Å². The number of carboxylic acid groups (broad SMARTS) is 2. The molecular formula is C14H18N2O5. The van der Waals surface area contributed by atoms with E-state index in [2.05, 4.69) is 10.6 Å². The van der Waals surface area contributed by atoms with E-state index in [1.54, 1.807) is 0 Å². The van der Waals surface area contributed by atoms with Gasteiger partial charge in [0.05, 0.1) is 6.42 Å². The highest BCUT2D eigenvalue weighted by atomic mass is 16.4. The minimum atomic E-state index is -1.44. The third-order valence-electron chi connectivity index (χ3n) is 2.92. The van der Waals surface area contributed by atoms with Crippen LogP contribution in [0.1, 0.15) is 17.5 Å². The maximum absolute atomic E-state index is 11.5. The van der Waals surface area contributed by atoms with Crippen molar-refractivity contribution in [1.82, 2.24) is 10.6 Å². The minimum absolute atomic E-state index is 0.329. The summed E-state index contributed by atoms with van der Waals surface area (Å²) in [5, 5.41) is 22.0. The summed E-state index contributed by atoms with van der Waals surface area (Å²) in [6.45, 7) is 2.29. The molecule has 4 N–H and O–H groups in total. The zero-order chi connectivity index (χ0) is 15.8. The van der Waals surface area contributed by atoms with Gasteiger partial charge in [-0.15, -0.1) is 0 Å². The van der Waals surface area contributed by atoms with Gasteiger partial charge in [0.1, 0.15) is 6.04 Å². The van der Waals surface area contributed by atoms with Gasteiger partial charge < -0.3 is 20.8 Å². The van der Waals surface area contributed by atoms with E-state index in [0.717, 1.165) is 11.1 Å². The Morgan fingerprint density at radius 1 is 1.19 bits per heavy atom. The number of aryl methyl sites for hydroxylation is 1. The summed E-state index contributed by atoms with van der Waals surface area (Å²) in [4.78, 5) is 32.8. The fourth-order valence-corrected chi connectivity index (χ4v) is 1.79. The molecule has 1 rings (SSSR count).